The first-order chi connectivity index (χ1) is 12.5. The molecule has 1 aromatic heterocycles. The van der Waals surface area contributed by atoms with Gasteiger partial charge >= 0.3 is 0 Å². The molecule has 1 aliphatic heterocycles. The van der Waals surface area contributed by atoms with Crippen LogP contribution in [0.3, 0.4) is 0 Å². The van der Waals surface area contributed by atoms with E-state index in [0.717, 1.165) is 28.8 Å². The molecule has 2 heterocycles. The molecule has 6 heteroatoms. The molecule has 2 aliphatic rings. The SMILES string of the molecule is COCC1(C(=O)N2CCOc3c(O)cc(-c4ccc(C)s4)cc3C2)CC1. The molecule has 138 valence electrons. The zero-order valence-corrected chi connectivity index (χ0v) is 15.9. The van der Waals surface area contributed by atoms with Crippen molar-refractivity contribution in [3.05, 3.63) is 34.7 Å². The molecule has 0 atom stereocenters. The second kappa shape index (κ2) is 6.59. The van der Waals surface area contributed by atoms with Crippen LogP contribution >= 0.6 is 11.3 Å². The maximum absolute atomic E-state index is 13.0. The molecule has 1 fully saturated rings. The molecule has 26 heavy (non-hydrogen) atoms. The molecular weight excluding hydrogens is 350 g/mol. The summed E-state index contributed by atoms with van der Waals surface area (Å²) in [7, 11) is 1.64. The van der Waals surface area contributed by atoms with Crippen LogP contribution in [0.5, 0.6) is 11.5 Å². The molecule has 1 aliphatic carbocycles. The topological polar surface area (TPSA) is 59.0 Å². The maximum atomic E-state index is 13.0. The molecule has 4 rings (SSSR count). The predicted molar refractivity (Wildman–Crippen MR) is 101 cm³/mol. The predicted octanol–water partition coefficient (Wildman–Crippen LogP) is 3.58. The van der Waals surface area contributed by atoms with Crippen LogP contribution in [0, 0.1) is 12.3 Å². The van der Waals surface area contributed by atoms with E-state index in [1.54, 1.807) is 24.5 Å². The Kier molecular flexibility index (Phi) is 4.40. The molecule has 0 unspecified atom stereocenters. The van der Waals surface area contributed by atoms with E-state index in [9.17, 15) is 9.90 Å². The van der Waals surface area contributed by atoms with E-state index < -0.39 is 0 Å². The lowest BCUT2D eigenvalue weighted by Crippen LogP contribution is -2.39. The lowest BCUT2D eigenvalue weighted by Gasteiger charge is -2.25. The number of carbonyl (C=O) groups is 1. The average Bonchev–Trinajstić information content (AvgIpc) is 3.32. The zero-order valence-electron chi connectivity index (χ0n) is 15.1. The average molecular weight is 373 g/mol. The van der Waals surface area contributed by atoms with Gasteiger partial charge in [0.15, 0.2) is 11.5 Å². The van der Waals surface area contributed by atoms with Gasteiger partial charge in [0.25, 0.3) is 0 Å². The lowest BCUT2D eigenvalue weighted by atomic mass is 10.0. The Labute approximate surface area is 157 Å². The summed E-state index contributed by atoms with van der Waals surface area (Å²) in [6.45, 7) is 3.88. The van der Waals surface area contributed by atoms with Crippen LogP contribution < -0.4 is 4.74 Å². The summed E-state index contributed by atoms with van der Waals surface area (Å²) in [4.78, 5) is 17.2. The largest absolute Gasteiger partial charge is 0.504 e. The van der Waals surface area contributed by atoms with Crippen LogP contribution in [0.2, 0.25) is 0 Å². The fourth-order valence-electron chi connectivity index (χ4n) is 3.59. The molecule has 1 saturated carbocycles. The summed E-state index contributed by atoms with van der Waals surface area (Å²) >= 11 is 1.68. The van der Waals surface area contributed by atoms with Gasteiger partial charge in [-0.25, -0.2) is 0 Å². The highest BCUT2D eigenvalue weighted by molar-refractivity contribution is 7.15. The standard InChI is InChI=1S/C20H23NO4S/c1-13-3-4-17(26-13)14-9-15-11-21(7-8-25-18(15)16(22)10-14)19(23)20(5-6-20)12-24-2/h3-4,9-10,22H,5-8,11-12H2,1-2H3. The molecule has 5 nitrogen and oxygen atoms in total. The van der Waals surface area contributed by atoms with E-state index >= 15 is 0 Å². The van der Waals surface area contributed by atoms with Gasteiger partial charge in [0.1, 0.15) is 6.61 Å². The Morgan fingerprint density at radius 1 is 1.38 bits per heavy atom. The second-order valence-electron chi connectivity index (χ2n) is 7.18. The Morgan fingerprint density at radius 2 is 2.19 bits per heavy atom. The van der Waals surface area contributed by atoms with E-state index in [1.165, 1.54) is 4.88 Å². The molecular formula is C20H23NO4S. The number of rotatable bonds is 4. The fraction of sp³-hybridized carbons (Fsp3) is 0.450. The van der Waals surface area contributed by atoms with Crippen molar-refractivity contribution in [3.63, 3.8) is 0 Å². The van der Waals surface area contributed by atoms with Gasteiger partial charge in [0.05, 0.1) is 18.6 Å². The van der Waals surface area contributed by atoms with Gasteiger partial charge in [0.2, 0.25) is 5.91 Å². The van der Waals surface area contributed by atoms with Crippen molar-refractivity contribution in [2.75, 3.05) is 26.9 Å². The number of thiophene rings is 1. The van der Waals surface area contributed by atoms with E-state index in [0.29, 0.717) is 32.1 Å². The minimum absolute atomic E-state index is 0.132. The Morgan fingerprint density at radius 3 is 2.85 bits per heavy atom. The van der Waals surface area contributed by atoms with Gasteiger partial charge in [-0.15, -0.1) is 11.3 Å². The van der Waals surface area contributed by atoms with Crippen LogP contribution in [-0.4, -0.2) is 42.8 Å². The summed E-state index contributed by atoms with van der Waals surface area (Å²) in [5.74, 6) is 0.762. The third-order valence-corrected chi connectivity index (χ3v) is 6.20. The summed E-state index contributed by atoms with van der Waals surface area (Å²) in [5, 5.41) is 10.5. The normalized spacial score (nSPS) is 18.0. The number of hydrogen-bond donors (Lipinski definition) is 1. The van der Waals surface area contributed by atoms with Crippen molar-refractivity contribution in [2.24, 2.45) is 5.41 Å². The van der Waals surface area contributed by atoms with Crippen LogP contribution in [0.15, 0.2) is 24.3 Å². The van der Waals surface area contributed by atoms with Gasteiger partial charge in [-0.05, 0) is 49.6 Å². The van der Waals surface area contributed by atoms with Crippen molar-refractivity contribution in [3.8, 4) is 21.9 Å². The van der Waals surface area contributed by atoms with Gasteiger partial charge in [-0.2, -0.15) is 0 Å². The van der Waals surface area contributed by atoms with Gasteiger partial charge in [-0.3, -0.25) is 4.79 Å². The number of ether oxygens (including phenoxy) is 2. The van der Waals surface area contributed by atoms with Gasteiger partial charge < -0.3 is 19.5 Å². The number of nitrogens with zero attached hydrogens (tertiary/aromatic N) is 1. The van der Waals surface area contributed by atoms with Crippen molar-refractivity contribution in [1.82, 2.24) is 4.90 Å². The molecule has 1 N–H and O–H groups in total. The minimum atomic E-state index is -0.357. The third kappa shape index (κ3) is 3.08. The van der Waals surface area contributed by atoms with Crippen molar-refractivity contribution < 1.29 is 19.4 Å². The molecule has 2 aromatic rings. The monoisotopic (exact) mass is 373 g/mol. The number of hydrogen-bond acceptors (Lipinski definition) is 5. The summed E-state index contributed by atoms with van der Waals surface area (Å²) in [6, 6.07) is 7.90. The first-order valence-corrected chi connectivity index (χ1v) is 9.68. The van der Waals surface area contributed by atoms with E-state index in [4.69, 9.17) is 9.47 Å². The lowest BCUT2D eigenvalue weighted by molar-refractivity contribution is -0.139. The van der Waals surface area contributed by atoms with Crippen LogP contribution in [0.25, 0.3) is 10.4 Å². The maximum Gasteiger partial charge on any atom is 0.231 e. The molecule has 0 saturated heterocycles. The molecule has 0 spiro atoms. The minimum Gasteiger partial charge on any atom is -0.504 e. The highest BCUT2D eigenvalue weighted by atomic mass is 32.1. The molecule has 1 amide bonds. The Bertz CT molecular complexity index is 840. The molecule has 0 radical (unpaired) electrons. The van der Waals surface area contributed by atoms with Crippen molar-refractivity contribution >= 4 is 17.2 Å². The van der Waals surface area contributed by atoms with Gasteiger partial charge in [-0.1, -0.05) is 0 Å². The first kappa shape index (κ1) is 17.4. The number of aromatic hydroxyl groups is 1. The smallest absolute Gasteiger partial charge is 0.231 e. The zero-order chi connectivity index (χ0) is 18.3. The number of carbonyl (C=O) groups excluding carboxylic acids is 1. The van der Waals surface area contributed by atoms with Crippen LogP contribution in [-0.2, 0) is 16.1 Å². The number of fused-ring (bicyclic) bond motifs is 1. The van der Waals surface area contributed by atoms with Crippen LogP contribution in [0.4, 0.5) is 0 Å². The summed E-state index contributed by atoms with van der Waals surface area (Å²) < 4.78 is 11.0. The molecule has 0 bridgehead atoms. The number of phenols is 1. The highest BCUT2D eigenvalue weighted by Gasteiger charge is 2.52. The number of phenolic OH excluding ortho intramolecular Hbond substituents is 1. The number of benzene rings is 1. The van der Waals surface area contributed by atoms with Crippen LogP contribution in [0.1, 0.15) is 23.3 Å². The van der Waals surface area contributed by atoms with E-state index in [-0.39, 0.29) is 17.1 Å². The van der Waals surface area contributed by atoms with Crippen molar-refractivity contribution in [2.45, 2.75) is 26.3 Å². The fourth-order valence-corrected chi connectivity index (χ4v) is 4.44. The highest BCUT2D eigenvalue weighted by Crippen LogP contribution is 2.48. The Balaban J connectivity index is 1.65. The van der Waals surface area contributed by atoms with Crippen molar-refractivity contribution in [1.29, 1.82) is 0 Å². The second-order valence-corrected chi connectivity index (χ2v) is 8.47. The third-order valence-electron chi connectivity index (χ3n) is 5.16. The van der Waals surface area contributed by atoms with E-state index in [1.807, 2.05) is 11.0 Å². The number of aryl methyl sites for hydroxylation is 1. The number of amides is 1. The van der Waals surface area contributed by atoms with E-state index in [2.05, 4.69) is 19.1 Å². The van der Waals surface area contributed by atoms with Gasteiger partial charge in [0, 0.05) is 29.0 Å². The first-order valence-electron chi connectivity index (χ1n) is 8.86. The summed E-state index contributed by atoms with van der Waals surface area (Å²) in [6.07, 6.45) is 1.76. The molecule has 1 aromatic carbocycles. The number of methoxy groups -OCH3 is 1. The summed E-state index contributed by atoms with van der Waals surface area (Å²) in [5.41, 5.74) is 1.45. The quantitative estimate of drug-likeness (QED) is 0.890. The Hall–Kier alpha value is -2.05.